The normalized spacial score (nSPS) is 27.4. The van der Waals surface area contributed by atoms with Crippen molar-refractivity contribution >= 4 is 11.3 Å². The molecule has 6 heteroatoms. The minimum atomic E-state index is -4.29. The molecule has 0 unspecified atom stereocenters. The zero-order valence-electron chi connectivity index (χ0n) is 7.08. The molecule has 1 aliphatic rings. The average Bonchev–Trinajstić information content (AvgIpc) is 2.45. The average molecular weight is 223 g/mol. The Bertz CT molecular complexity index is 330. The fourth-order valence-electron chi connectivity index (χ4n) is 1.40. The van der Waals surface area contributed by atoms with Gasteiger partial charge in [0.1, 0.15) is 4.88 Å². The van der Waals surface area contributed by atoms with E-state index >= 15 is 0 Å². The Morgan fingerprint density at radius 1 is 1.43 bits per heavy atom. The Morgan fingerprint density at radius 2 is 2.07 bits per heavy atom. The van der Waals surface area contributed by atoms with Crippen LogP contribution in [-0.4, -0.2) is 16.2 Å². The van der Waals surface area contributed by atoms with Crippen molar-refractivity contribution in [1.29, 1.82) is 0 Å². The van der Waals surface area contributed by atoms with Gasteiger partial charge >= 0.3 is 6.18 Å². The molecule has 0 radical (unpaired) electrons. The van der Waals surface area contributed by atoms with E-state index in [9.17, 15) is 13.2 Å². The van der Waals surface area contributed by atoms with E-state index < -0.39 is 11.1 Å². The van der Waals surface area contributed by atoms with Gasteiger partial charge in [-0.15, -0.1) is 11.3 Å². The predicted molar refractivity (Wildman–Crippen MR) is 45.1 cm³/mol. The van der Waals surface area contributed by atoms with Crippen LogP contribution in [0.3, 0.4) is 0 Å². The van der Waals surface area contributed by atoms with Crippen LogP contribution in [-0.2, 0) is 6.18 Å². The summed E-state index contributed by atoms with van der Waals surface area (Å²) in [6.07, 6.45) is -2.73. The van der Waals surface area contributed by atoms with Crippen LogP contribution in [0.1, 0.15) is 28.6 Å². The largest absolute Gasteiger partial charge is 0.427 e. The van der Waals surface area contributed by atoms with Crippen molar-refractivity contribution in [3.8, 4) is 0 Å². The third-order valence-electron chi connectivity index (χ3n) is 2.27. The van der Waals surface area contributed by atoms with E-state index in [0.717, 1.165) is 6.20 Å². The van der Waals surface area contributed by atoms with Crippen LogP contribution < -0.4 is 0 Å². The quantitative estimate of drug-likeness (QED) is 0.793. The Kier molecular flexibility index (Phi) is 2.27. The van der Waals surface area contributed by atoms with Gasteiger partial charge in [0, 0.05) is 5.92 Å². The second-order valence-corrected chi connectivity index (χ2v) is 4.44. The van der Waals surface area contributed by atoms with Crippen molar-refractivity contribution in [2.45, 2.75) is 31.0 Å². The minimum absolute atomic E-state index is 0.0195. The summed E-state index contributed by atoms with van der Waals surface area (Å²) in [6.45, 7) is 0. The topological polar surface area (TPSA) is 33.1 Å². The maximum atomic E-state index is 12.2. The molecular weight excluding hydrogens is 215 g/mol. The van der Waals surface area contributed by atoms with Gasteiger partial charge in [0.15, 0.2) is 0 Å². The van der Waals surface area contributed by atoms with Gasteiger partial charge in [-0.2, -0.15) is 13.2 Å². The Balaban J connectivity index is 2.11. The van der Waals surface area contributed by atoms with Crippen LogP contribution in [0.25, 0.3) is 0 Å². The fourth-order valence-corrected chi connectivity index (χ4v) is 2.31. The molecule has 1 saturated carbocycles. The van der Waals surface area contributed by atoms with Crippen LogP contribution >= 0.6 is 11.3 Å². The van der Waals surface area contributed by atoms with Crippen LogP contribution in [0.5, 0.6) is 0 Å². The highest BCUT2D eigenvalue weighted by Crippen LogP contribution is 2.41. The lowest BCUT2D eigenvalue weighted by Gasteiger charge is -2.29. The summed E-state index contributed by atoms with van der Waals surface area (Å²) in [4.78, 5) is 3.07. The SMILES string of the molecule is O[C@H]1C[C@@H](c2ncc(C(F)(F)F)s2)C1. The van der Waals surface area contributed by atoms with E-state index in [4.69, 9.17) is 5.11 Å². The molecule has 0 saturated heterocycles. The van der Waals surface area contributed by atoms with Crippen molar-refractivity contribution in [3.05, 3.63) is 16.1 Å². The van der Waals surface area contributed by atoms with Crippen LogP contribution in [0, 0.1) is 0 Å². The highest BCUT2D eigenvalue weighted by atomic mass is 32.1. The molecule has 0 aromatic carbocycles. The molecule has 1 aromatic heterocycles. The van der Waals surface area contributed by atoms with Gasteiger partial charge < -0.3 is 5.11 Å². The maximum absolute atomic E-state index is 12.2. The molecule has 78 valence electrons. The molecule has 0 bridgehead atoms. The van der Waals surface area contributed by atoms with E-state index in [-0.39, 0.29) is 12.0 Å². The van der Waals surface area contributed by atoms with Gasteiger partial charge in [-0.3, -0.25) is 0 Å². The van der Waals surface area contributed by atoms with Crippen molar-refractivity contribution in [1.82, 2.24) is 4.98 Å². The summed E-state index contributed by atoms with van der Waals surface area (Å²) in [7, 11) is 0. The number of nitrogens with zero attached hydrogens (tertiary/aromatic N) is 1. The van der Waals surface area contributed by atoms with E-state index in [0.29, 0.717) is 29.2 Å². The molecule has 2 rings (SSSR count). The number of hydrogen-bond donors (Lipinski definition) is 1. The summed E-state index contributed by atoms with van der Waals surface area (Å²) in [6, 6.07) is 0. The molecular formula is C8H8F3NOS. The van der Waals surface area contributed by atoms with Gasteiger partial charge in [0.05, 0.1) is 17.3 Å². The van der Waals surface area contributed by atoms with Crippen LogP contribution in [0.4, 0.5) is 13.2 Å². The van der Waals surface area contributed by atoms with E-state index in [1.807, 2.05) is 0 Å². The number of aliphatic hydroxyl groups excluding tert-OH is 1. The first-order valence-electron chi connectivity index (χ1n) is 4.18. The first-order chi connectivity index (χ1) is 6.47. The van der Waals surface area contributed by atoms with E-state index in [2.05, 4.69) is 4.98 Å². The number of rotatable bonds is 1. The lowest BCUT2D eigenvalue weighted by Crippen LogP contribution is -2.26. The summed E-state index contributed by atoms with van der Waals surface area (Å²) in [5.74, 6) is 0.0195. The van der Waals surface area contributed by atoms with Crippen LogP contribution in [0.15, 0.2) is 6.20 Å². The van der Waals surface area contributed by atoms with Gasteiger partial charge in [-0.1, -0.05) is 0 Å². The van der Waals surface area contributed by atoms with Crippen molar-refractivity contribution in [2.75, 3.05) is 0 Å². The Labute approximate surface area is 82.4 Å². The van der Waals surface area contributed by atoms with Crippen molar-refractivity contribution < 1.29 is 18.3 Å². The molecule has 1 aliphatic carbocycles. The molecule has 1 heterocycles. The minimum Gasteiger partial charge on any atom is -0.393 e. The zero-order chi connectivity index (χ0) is 10.3. The summed E-state index contributed by atoms with van der Waals surface area (Å²) < 4.78 is 36.6. The smallest absolute Gasteiger partial charge is 0.393 e. The molecule has 0 atom stereocenters. The van der Waals surface area contributed by atoms with E-state index in [1.165, 1.54) is 0 Å². The summed E-state index contributed by atoms with van der Waals surface area (Å²) in [5.41, 5.74) is 0. The summed E-state index contributed by atoms with van der Waals surface area (Å²) in [5, 5.41) is 9.49. The first-order valence-corrected chi connectivity index (χ1v) is 4.99. The molecule has 1 aromatic rings. The first kappa shape index (κ1) is 9.92. The van der Waals surface area contributed by atoms with Crippen LogP contribution in [0.2, 0.25) is 0 Å². The summed E-state index contributed by atoms with van der Waals surface area (Å²) >= 11 is 0.679. The molecule has 14 heavy (non-hydrogen) atoms. The molecule has 1 N–H and O–H groups in total. The number of aliphatic hydroxyl groups is 1. The Morgan fingerprint density at radius 3 is 2.50 bits per heavy atom. The molecule has 1 fully saturated rings. The molecule has 0 spiro atoms. The number of halogens is 3. The van der Waals surface area contributed by atoms with Gasteiger partial charge in [0.2, 0.25) is 0 Å². The lowest BCUT2D eigenvalue weighted by atomic mass is 9.83. The highest BCUT2D eigenvalue weighted by Gasteiger charge is 2.36. The highest BCUT2D eigenvalue weighted by molar-refractivity contribution is 7.11. The fraction of sp³-hybridized carbons (Fsp3) is 0.625. The molecule has 0 amide bonds. The maximum Gasteiger partial charge on any atom is 0.427 e. The standard InChI is InChI=1S/C8H8F3NOS/c9-8(10,11)6-3-12-7(14-6)4-1-5(13)2-4/h3-5,13H,1-2H2/t4-,5+. The Hall–Kier alpha value is -0.620. The van der Waals surface area contributed by atoms with Crippen molar-refractivity contribution in [2.24, 2.45) is 0 Å². The second-order valence-electron chi connectivity index (χ2n) is 3.38. The van der Waals surface area contributed by atoms with Gasteiger partial charge in [-0.25, -0.2) is 4.98 Å². The van der Waals surface area contributed by atoms with Crippen molar-refractivity contribution in [3.63, 3.8) is 0 Å². The third kappa shape index (κ3) is 1.76. The molecule has 0 aliphatic heterocycles. The third-order valence-corrected chi connectivity index (χ3v) is 3.47. The lowest BCUT2D eigenvalue weighted by molar-refractivity contribution is -0.134. The van der Waals surface area contributed by atoms with E-state index in [1.54, 1.807) is 0 Å². The predicted octanol–water partition coefficient (Wildman–Crippen LogP) is 2.40. The zero-order valence-corrected chi connectivity index (χ0v) is 7.90. The molecule has 2 nitrogen and oxygen atoms in total. The van der Waals surface area contributed by atoms with Gasteiger partial charge in [0.25, 0.3) is 0 Å². The number of thiazole rings is 1. The monoisotopic (exact) mass is 223 g/mol. The number of hydrogen-bond acceptors (Lipinski definition) is 3. The number of aromatic nitrogens is 1. The number of alkyl halides is 3. The second kappa shape index (κ2) is 3.20. The van der Waals surface area contributed by atoms with Gasteiger partial charge in [-0.05, 0) is 12.8 Å².